The van der Waals surface area contributed by atoms with Crippen molar-refractivity contribution in [2.75, 3.05) is 12.0 Å². The molecule has 0 amide bonds. The SMILES string of the molecule is CCCCC(NC(C)CCSC)c1ccccc1. The summed E-state index contributed by atoms with van der Waals surface area (Å²) in [6, 6.07) is 12.0. The van der Waals surface area contributed by atoms with Crippen molar-refractivity contribution in [3.05, 3.63) is 35.9 Å². The van der Waals surface area contributed by atoms with Crippen LogP contribution in [0, 0.1) is 0 Å². The fourth-order valence-corrected chi connectivity index (χ4v) is 2.75. The lowest BCUT2D eigenvalue weighted by atomic mass is 10.00. The molecule has 0 saturated heterocycles. The minimum atomic E-state index is 0.517. The third-order valence-corrected chi connectivity index (χ3v) is 3.93. The summed E-state index contributed by atoms with van der Waals surface area (Å²) < 4.78 is 0. The van der Waals surface area contributed by atoms with Crippen LogP contribution in [-0.4, -0.2) is 18.1 Å². The number of rotatable bonds is 9. The fourth-order valence-electron chi connectivity index (χ4n) is 2.16. The molecule has 0 spiro atoms. The van der Waals surface area contributed by atoms with Gasteiger partial charge in [-0.2, -0.15) is 11.8 Å². The highest BCUT2D eigenvalue weighted by atomic mass is 32.2. The van der Waals surface area contributed by atoms with Gasteiger partial charge in [-0.3, -0.25) is 0 Å². The standard InChI is InChI=1S/C16H27NS/c1-4-5-11-16(15-9-7-6-8-10-15)17-14(2)12-13-18-3/h6-10,14,16-17H,4-5,11-13H2,1-3H3. The highest BCUT2D eigenvalue weighted by Crippen LogP contribution is 2.20. The second-order valence-electron chi connectivity index (χ2n) is 4.95. The van der Waals surface area contributed by atoms with Crippen LogP contribution < -0.4 is 5.32 Å². The van der Waals surface area contributed by atoms with Crippen molar-refractivity contribution in [2.45, 2.75) is 51.6 Å². The van der Waals surface area contributed by atoms with Gasteiger partial charge in [0, 0.05) is 12.1 Å². The molecule has 0 fully saturated rings. The highest BCUT2D eigenvalue weighted by molar-refractivity contribution is 7.98. The largest absolute Gasteiger partial charge is 0.307 e. The molecule has 1 nitrogen and oxygen atoms in total. The minimum absolute atomic E-state index is 0.517. The molecule has 1 aromatic carbocycles. The van der Waals surface area contributed by atoms with Crippen LogP contribution >= 0.6 is 11.8 Å². The molecule has 2 heteroatoms. The maximum atomic E-state index is 3.79. The Bertz CT molecular complexity index is 299. The summed E-state index contributed by atoms with van der Waals surface area (Å²) in [5, 5.41) is 3.79. The van der Waals surface area contributed by atoms with Crippen LogP contribution in [0.3, 0.4) is 0 Å². The van der Waals surface area contributed by atoms with Crippen molar-refractivity contribution >= 4 is 11.8 Å². The van der Waals surface area contributed by atoms with Gasteiger partial charge < -0.3 is 5.32 Å². The first-order chi connectivity index (χ1) is 8.77. The average Bonchev–Trinajstić information content (AvgIpc) is 2.42. The van der Waals surface area contributed by atoms with E-state index in [9.17, 15) is 0 Å². The van der Waals surface area contributed by atoms with Gasteiger partial charge in [0.1, 0.15) is 0 Å². The predicted octanol–water partition coefficient (Wildman–Crippen LogP) is 4.65. The fraction of sp³-hybridized carbons (Fsp3) is 0.625. The van der Waals surface area contributed by atoms with Gasteiger partial charge in [0.05, 0.1) is 0 Å². The van der Waals surface area contributed by atoms with E-state index in [4.69, 9.17) is 0 Å². The smallest absolute Gasteiger partial charge is 0.0322 e. The van der Waals surface area contributed by atoms with Crippen LogP contribution in [0.15, 0.2) is 30.3 Å². The van der Waals surface area contributed by atoms with E-state index in [1.54, 1.807) is 0 Å². The summed E-state index contributed by atoms with van der Waals surface area (Å²) in [4.78, 5) is 0. The molecule has 0 aliphatic heterocycles. The average molecular weight is 265 g/mol. The number of unbranched alkanes of at least 4 members (excludes halogenated alkanes) is 1. The van der Waals surface area contributed by atoms with Gasteiger partial charge >= 0.3 is 0 Å². The molecule has 0 aliphatic rings. The van der Waals surface area contributed by atoms with E-state index >= 15 is 0 Å². The van der Waals surface area contributed by atoms with Gasteiger partial charge in [-0.15, -0.1) is 0 Å². The zero-order chi connectivity index (χ0) is 13.2. The van der Waals surface area contributed by atoms with E-state index in [1.807, 2.05) is 11.8 Å². The number of benzene rings is 1. The van der Waals surface area contributed by atoms with Gasteiger partial charge in [0.25, 0.3) is 0 Å². The third kappa shape index (κ3) is 5.92. The van der Waals surface area contributed by atoms with Crippen LogP contribution in [0.4, 0.5) is 0 Å². The summed E-state index contributed by atoms with van der Waals surface area (Å²) in [5.74, 6) is 1.24. The summed E-state index contributed by atoms with van der Waals surface area (Å²) >= 11 is 1.93. The number of hydrogen-bond donors (Lipinski definition) is 1. The third-order valence-electron chi connectivity index (χ3n) is 3.29. The maximum absolute atomic E-state index is 3.79. The molecule has 18 heavy (non-hydrogen) atoms. The molecule has 0 aromatic heterocycles. The normalized spacial score (nSPS) is 14.4. The maximum Gasteiger partial charge on any atom is 0.0322 e. The topological polar surface area (TPSA) is 12.0 Å². The minimum Gasteiger partial charge on any atom is -0.307 e. The van der Waals surface area contributed by atoms with Crippen LogP contribution in [0.1, 0.15) is 51.1 Å². The first kappa shape index (κ1) is 15.6. The molecule has 0 heterocycles. The van der Waals surface area contributed by atoms with Crippen molar-refractivity contribution in [3.63, 3.8) is 0 Å². The summed E-state index contributed by atoms with van der Waals surface area (Å²) in [6.07, 6.45) is 7.23. The van der Waals surface area contributed by atoms with E-state index in [-0.39, 0.29) is 0 Å². The zero-order valence-electron chi connectivity index (χ0n) is 12.0. The zero-order valence-corrected chi connectivity index (χ0v) is 12.8. The Morgan fingerprint density at radius 3 is 2.50 bits per heavy atom. The van der Waals surface area contributed by atoms with Crippen LogP contribution in [0.25, 0.3) is 0 Å². The Kier molecular flexibility index (Phi) is 8.19. The molecule has 1 aromatic rings. The van der Waals surface area contributed by atoms with Crippen molar-refractivity contribution in [1.82, 2.24) is 5.32 Å². The van der Waals surface area contributed by atoms with E-state index < -0.39 is 0 Å². The van der Waals surface area contributed by atoms with E-state index in [0.29, 0.717) is 12.1 Å². The molecule has 0 saturated carbocycles. The van der Waals surface area contributed by atoms with E-state index in [0.717, 1.165) is 0 Å². The van der Waals surface area contributed by atoms with Crippen molar-refractivity contribution in [1.29, 1.82) is 0 Å². The molecule has 0 bridgehead atoms. The number of nitrogens with one attached hydrogen (secondary N) is 1. The number of thioether (sulfide) groups is 1. The quantitative estimate of drug-likeness (QED) is 0.697. The van der Waals surface area contributed by atoms with Gasteiger partial charge in [-0.25, -0.2) is 0 Å². The monoisotopic (exact) mass is 265 g/mol. The van der Waals surface area contributed by atoms with Gasteiger partial charge in [-0.1, -0.05) is 50.1 Å². The van der Waals surface area contributed by atoms with Gasteiger partial charge in [0.2, 0.25) is 0 Å². The molecule has 0 radical (unpaired) electrons. The number of hydrogen-bond acceptors (Lipinski definition) is 2. The first-order valence-electron chi connectivity index (χ1n) is 7.07. The van der Waals surface area contributed by atoms with Crippen molar-refractivity contribution in [2.24, 2.45) is 0 Å². The first-order valence-corrected chi connectivity index (χ1v) is 8.47. The molecule has 0 aliphatic carbocycles. The molecule has 1 N–H and O–H groups in total. The second-order valence-corrected chi connectivity index (χ2v) is 5.94. The Labute approximate surface area is 117 Å². The molecular weight excluding hydrogens is 238 g/mol. The van der Waals surface area contributed by atoms with Crippen LogP contribution in [0.2, 0.25) is 0 Å². The lowest BCUT2D eigenvalue weighted by molar-refractivity contribution is 0.418. The Morgan fingerprint density at radius 1 is 1.17 bits per heavy atom. The molecule has 2 unspecified atom stereocenters. The molecule has 2 atom stereocenters. The lowest BCUT2D eigenvalue weighted by Crippen LogP contribution is -2.31. The van der Waals surface area contributed by atoms with Gasteiger partial charge in [0.15, 0.2) is 0 Å². The van der Waals surface area contributed by atoms with Crippen LogP contribution in [-0.2, 0) is 0 Å². The van der Waals surface area contributed by atoms with Crippen molar-refractivity contribution in [3.8, 4) is 0 Å². The predicted molar refractivity (Wildman–Crippen MR) is 84.3 cm³/mol. The van der Waals surface area contributed by atoms with E-state index in [1.165, 1.54) is 37.0 Å². The van der Waals surface area contributed by atoms with E-state index in [2.05, 4.69) is 55.8 Å². The second kappa shape index (κ2) is 9.46. The summed E-state index contributed by atoms with van der Waals surface area (Å²) in [7, 11) is 0. The Hall–Kier alpha value is -0.470. The van der Waals surface area contributed by atoms with Crippen LogP contribution in [0.5, 0.6) is 0 Å². The lowest BCUT2D eigenvalue weighted by Gasteiger charge is -2.23. The molecule has 102 valence electrons. The van der Waals surface area contributed by atoms with Crippen molar-refractivity contribution < 1.29 is 0 Å². The Balaban J connectivity index is 2.55. The molecular formula is C16H27NS. The molecule has 1 rings (SSSR count). The summed E-state index contributed by atoms with van der Waals surface area (Å²) in [5.41, 5.74) is 1.43. The summed E-state index contributed by atoms with van der Waals surface area (Å²) in [6.45, 7) is 4.57. The highest BCUT2D eigenvalue weighted by Gasteiger charge is 2.13. The van der Waals surface area contributed by atoms with Gasteiger partial charge in [-0.05, 0) is 37.3 Å². The Morgan fingerprint density at radius 2 is 1.89 bits per heavy atom.